The van der Waals surface area contributed by atoms with Gasteiger partial charge in [-0.3, -0.25) is 4.79 Å². The lowest BCUT2D eigenvalue weighted by Gasteiger charge is -2.30. The Morgan fingerprint density at radius 3 is 2.29 bits per heavy atom. The summed E-state index contributed by atoms with van der Waals surface area (Å²) in [6.07, 6.45) is 0.0609. The van der Waals surface area contributed by atoms with Crippen LogP contribution in [0.5, 0.6) is 0 Å². The number of anilines is 1. The summed E-state index contributed by atoms with van der Waals surface area (Å²) in [6.45, 7) is 7.47. The number of nitrogens with one attached hydrogen (secondary N) is 1. The zero-order chi connectivity index (χ0) is 13.1. The molecule has 1 aromatic rings. The maximum absolute atomic E-state index is 11.5. The average molecular weight is 235 g/mol. The smallest absolute Gasteiger partial charge is 0.162 e. The third kappa shape index (κ3) is 3.56. The Labute approximate surface area is 103 Å². The van der Waals surface area contributed by atoms with E-state index < -0.39 is 11.6 Å². The van der Waals surface area contributed by atoms with Crippen LogP contribution in [-0.4, -0.2) is 22.5 Å². The minimum absolute atomic E-state index is 0.145. The molecule has 0 bridgehead atoms. The number of hydrogen-bond donors (Lipinski definition) is 2. The van der Waals surface area contributed by atoms with Crippen LogP contribution in [0.3, 0.4) is 0 Å². The van der Waals surface area contributed by atoms with E-state index in [0.717, 1.165) is 11.3 Å². The molecule has 0 fully saturated rings. The molecule has 2 N–H and O–H groups in total. The second-order valence-electron chi connectivity index (χ2n) is 4.88. The maximum Gasteiger partial charge on any atom is 0.162 e. The summed E-state index contributed by atoms with van der Waals surface area (Å²) in [5.74, 6) is 0.145. The van der Waals surface area contributed by atoms with Gasteiger partial charge in [0.05, 0.1) is 11.6 Å². The number of benzene rings is 1. The Balaban J connectivity index is 2.79. The standard InChI is InChI=1S/C14H21NO2/c1-5-13(17)11-6-8-12(9-7-11)15-14(3,4)10(2)16/h6-10,15-16H,5H2,1-4H3. The van der Waals surface area contributed by atoms with Crippen LogP contribution in [0.15, 0.2) is 24.3 Å². The van der Waals surface area contributed by atoms with Gasteiger partial charge in [0.1, 0.15) is 0 Å². The van der Waals surface area contributed by atoms with E-state index in [2.05, 4.69) is 5.32 Å². The lowest BCUT2D eigenvalue weighted by atomic mass is 9.98. The van der Waals surface area contributed by atoms with Crippen molar-refractivity contribution in [1.82, 2.24) is 0 Å². The fraction of sp³-hybridized carbons (Fsp3) is 0.500. The maximum atomic E-state index is 11.5. The normalized spacial score (nSPS) is 13.2. The molecule has 0 amide bonds. The first-order chi connectivity index (χ1) is 7.86. The molecular weight excluding hydrogens is 214 g/mol. The minimum atomic E-state index is -0.459. The van der Waals surface area contributed by atoms with Gasteiger partial charge in [0.15, 0.2) is 5.78 Å². The number of aliphatic hydroxyl groups excluding tert-OH is 1. The minimum Gasteiger partial charge on any atom is -0.391 e. The topological polar surface area (TPSA) is 49.3 Å². The zero-order valence-electron chi connectivity index (χ0n) is 10.9. The quantitative estimate of drug-likeness (QED) is 0.771. The lowest BCUT2D eigenvalue weighted by molar-refractivity contribution is 0.0988. The Bertz CT molecular complexity index is 380. The molecule has 0 aliphatic carbocycles. The van der Waals surface area contributed by atoms with Crippen molar-refractivity contribution in [2.24, 2.45) is 0 Å². The molecule has 0 aliphatic rings. The highest BCUT2D eigenvalue weighted by Crippen LogP contribution is 2.19. The number of Topliss-reactive ketones (excluding diaryl/α,β-unsaturated/α-hetero) is 1. The van der Waals surface area contributed by atoms with Crippen molar-refractivity contribution in [2.75, 3.05) is 5.32 Å². The zero-order valence-corrected chi connectivity index (χ0v) is 10.9. The van der Waals surface area contributed by atoms with E-state index in [4.69, 9.17) is 0 Å². The molecule has 0 radical (unpaired) electrons. The van der Waals surface area contributed by atoms with E-state index >= 15 is 0 Å². The molecule has 0 spiro atoms. The van der Waals surface area contributed by atoms with Crippen LogP contribution in [0.1, 0.15) is 44.5 Å². The predicted molar refractivity (Wildman–Crippen MR) is 70.4 cm³/mol. The highest BCUT2D eigenvalue weighted by molar-refractivity contribution is 5.96. The van der Waals surface area contributed by atoms with Gasteiger partial charge in [0, 0.05) is 17.7 Å². The van der Waals surface area contributed by atoms with Crippen LogP contribution in [0, 0.1) is 0 Å². The van der Waals surface area contributed by atoms with Crippen LogP contribution in [-0.2, 0) is 0 Å². The molecule has 1 aromatic carbocycles. The highest BCUT2D eigenvalue weighted by Gasteiger charge is 2.23. The second kappa shape index (κ2) is 5.32. The van der Waals surface area contributed by atoms with Gasteiger partial charge in [-0.2, -0.15) is 0 Å². The molecule has 0 aromatic heterocycles. The lowest BCUT2D eigenvalue weighted by Crippen LogP contribution is -2.41. The summed E-state index contributed by atoms with van der Waals surface area (Å²) in [5.41, 5.74) is 1.24. The third-order valence-electron chi connectivity index (χ3n) is 3.04. The van der Waals surface area contributed by atoms with Crippen LogP contribution in [0.4, 0.5) is 5.69 Å². The van der Waals surface area contributed by atoms with Crippen LogP contribution < -0.4 is 5.32 Å². The Morgan fingerprint density at radius 1 is 1.35 bits per heavy atom. The predicted octanol–water partition coefficient (Wildman–Crippen LogP) is 2.85. The van der Waals surface area contributed by atoms with Gasteiger partial charge in [0.25, 0.3) is 0 Å². The molecule has 1 atom stereocenters. The van der Waals surface area contributed by atoms with Gasteiger partial charge in [-0.25, -0.2) is 0 Å². The van der Waals surface area contributed by atoms with Crippen molar-refractivity contribution in [2.45, 2.75) is 45.8 Å². The van der Waals surface area contributed by atoms with Gasteiger partial charge in [-0.05, 0) is 45.0 Å². The summed E-state index contributed by atoms with van der Waals surface area (Å²) < 4.78 is 0. The third-order valence-corrected chi connectivity index (χ3v) is 3.04. The van der Waals surface area contributed by atoms with E-state index in [0.29, 0.717) is 6.42 Å². The Morgan fingerprint density at radius 2 is 1.88 bits per heavy atom. The van der Waals surface area contributed by atoms with E-state index in [1.54, 1.807) is 6.92 Å². The first kappa shape index (κ1) is 13.7. The molecule has 1 unspecified atom stereocenters. The first-order valence-electron chi connectivity index (χ1n) is 5.96. The SMILES string of the molecule is CCC(=O)c1ccc(NC(C)(C)C(C)O)cc1. The molecule has 3 heteroatoms. The monoisotopic (exact) mass is 235 g/mol. The van der Waals surface area contributed by atoms with E-state index in [1.165, 1.54) is 0 Å². The van der Waals surface area contributed by atoms with Crippen LogP contribution in [0.2, 0.25) is 0 Å². The number of carbonyl (C=O) groups is 1. The highest BCUT2D eigenvalue weighted by atomic mass is 16.3. The van der Waals surface area contributed by atoms with Crippen molar-refractivity contribution in [3.05, 3.63) is 29.8 Å². The van der Waals surface area contributed by atoms with Crippen molar-refractivity contribution in [1.29, 1.82) is 0 Å². The van der Waals surface area contributed by atoms with Gasteiger partial charge >= 0.3 is 0 Å². The molecule has 17 heavy (non-hydrogen) atoms. The molecular formula is C14H21NO2. The molecule has 0 saturated heterocycles. The van der Waals surface area contributed by atoms with Gasteiger partial charge < -0.3 is 10.4 Å². The first-order valence-corrected chi connectivity index (χ1v) is 5.96. The molecule has 0 aliphatic heterocycles. The van der Waals surface area contributed by atoms with Gasteiger partial charge in [0.2, 0.25) is 0 Å². The van der Waals surface area contributed by atoms with Crippen molar-refractivity contribution < 1.29 is 9.90 Å². The van der Waals surface area contributed by atoms with Crippen molar-refractivity contribution in [3.63, 3.8) is 0 Å². The molecule has 94 valence electrons. The van der Waals surface area contributed by atoms with Crippen molar-refractivity contribution in [3.8, 4) is 0 Å². The van der Waals surface area contributed by atoms with E-state index in [1.807, 2.05) is 45.0 Å². The van der Waals surface area contributed by atoms with Crippen LogP contribution >= 0.6 is 0 Å². The molecule has 0 heterocycles. The fourth-order valence-electron chi connectivity index (χ4n) is 1.42. The summed E-state index contributed by atoms with van der Waals surface area (Å²) in [6, 6.07) is 7.36. The number of hydrogen-bond acceptors (Lipinski definition) is 3. The second-order valence-corrected chi connectivity index (χ2v) is 4.88. The van der Waals surface area contributed by atoms with E-state index in [-0.39, 0.29) is 5.78 Å². The average Bonchev–Trinajstić information content (AvgIpc) is 2.28. The summed E-state index contributed by atoms with van der Waals surface area (Å²) in [4.78, 5) is 11.5. The van der Waals surface area contributed by atoms with Crippen molar-refractivity contribution >= 4 is 11.5 Å². The summed E-state index contributed by atoms with van der Waals surface area (Å²) in [7, 11) is 0. The van der Waals surface area contributed by atoms with Crippen LogP contribution in [0.25, 0.3) is 0 Å². The number of carbonyl (C=O) groups excluding carboxylic acids is 1. The number of rotatable bonds is 5. The van der Waals surface area contributed by atoms with Gasteiger partial charge in [-0.1, -0.05) is 6.92 Å². The molecule has 1 rings (SSSR count). The largest absolute Gasteiger partial charge is 0.391 e. The summed E-state index contributed by atoms with van der Waals surface area (Å²) >= 11 is 0. The Hall–Kier alpha value is -1.35. The van der Waals surface area contributed by atoms with E-state index in [9.17, 15) is 9.90 Å². The number of aliphatic hydroxyl groups is 1. The van der Waals surface area contributed by atoms with Gasteiger partial charge in [-0.15, -0.1) is 0 Å². The number of ketones is 1. The Kier molecular flexibility index (Phi) is 4.29. The summed E-state index contributed by atoms with van der Waals surface area (Å²) in [5, 5.41) is 12.8. The molecule has 3 nitrogen and oxygen atoms in total. The fourth-order valence-corrected chi connectivity index (χ4v) is 1.42. The molecule has 0 saturated carbocycles.